The first kappa shape index (κ1) is 19.6. The number of rotatable bonds is 2. The molecule has 0 aromatic heterocycles. The highest BCUT2D eigenvalue weighted by atomic mass is 32.2. The summed E-state index contributed by atoms with van der Waals surface area (Å²) in [5, 5.41) is 0. The summed E-state index contributed by atoms with van der Waals surface area (Å²) in [6, 6.07) is 13.3. The molecule has 3 aliphatic rings. The average molecular weight is 426 g/mol. The van der Waals surface area contributed by atoms with Crippen LogP contribution in [0, 0.1) is 0 Å². The van der Waals surface area contributed by atoms with E-state index >= 15 is 0 Å². The van der Waals surface area contributed by atoms with E-state index in [1.807, 2.05) is 31.2 Å². The van der Waals surface area contributed by atoms with E-state index in [-0.39, 0.29) is 18.0 Å². The summed E-state index contributed by atoms with van der Waals surface area (Å²) in [5.41, 5.74) is 3.59. The second-order valence-corrected chi connectivity index (χ2v) is 10.5. The van der Waals surface area contributed by atoms with Gasteiger partial charge in [-0.25, -0.2) is 8.42 Å². The molecule has 0 saturated carbocycles. The van der Waals surface area contributed by atoms with Gasteiger partial charge in [0.2, 0.25) is 5.91 Å². The van der Waals surface area contributed by atoms with Crippen molar-refractivity contribution < 1.29 is 13.2 Å². The predicted molar refractivity (Wildman–Crippen MR) is 117 cm³/mol. The van der Waals surface area contributed by atoms with Gasteiger partial charge in [-0.05, 0) is 68.1 Å². The number of hydrogen-bond acceptors (Lipinski definition) is 4. The molecule has 0 N–H and O–H groups in total. The van der Waals surface area contributed by atoms with Crippen molar-refractivity contribution in [1.29, 1.82) is 0 Å². The summed E-state index contributed by atoms with van der Waals surface area (Å²) >= 11 is 0. The summed E-state index contributed by atoms with van der Waals surface area (Å²) in [4.78, 5) is 16.5. The number of anilines is 2. The third-order valence-electron chi connectivity index (χ3n) is 6.70. The Morgan fingerprint density at radius 3 is 2.67 bits per heavy atom. The molecule has 6 nitrogen and oxygen atoms in total. The minimum absolute atomic E-state index is 0.0142. The standard InChI is InChI=1S/C23H27N3O3S/c1-16-12-19-13-21(9-10-23(19)26(16)17(2)27)30(28,29)25-15-20-7-5-11-24(20)14-18-6-3-4-8-22(18)25/h3-4,6,8-10,13,16,20H,5,7,11-12,14-15H2,1-2H3/t16-,20-/m1/s1. The maximum atomic E-state index is 13.8. The van der Waals surface area contributed by atoms with Gasteiger partial charge in [0, 0.05) is 37.8 Å². The van der Waals surface area contributed by atoms with Gasteiger partial charge in [0.25, 0.3) is 10.0 Å². The Morgan fingerprint density at radius 2 is 1.87 bits per heavy atom. The molecule has 0 spiro atoms. The van der Waals surface area contributed by atoms with E-state index in [4.69, 9.17) is 0 Å². The van der Waals surface area contributed by atoms with E-state index in [2.05, 4.69) is 4.90 Å². The first-order chi connectivity index (χ1) is 14.4. The van der Waals surface area contributed by atoms with E-state index in [1.165, 1.54) is 0 Å². The van der Waals surface area contributed by atoms with Crippen LogP contribution in [0.3, 0.4) is 0 Å². The quantitative estimate of drug-likeness (QED) is 0.742. The SMILES string of the molecule is CC(=O)N1c2ccc(S(=O)(=O)N3C[C@H]4CCCN4Cc4ccccc43)cc2C[C@H]1C. The molecule has 2 aromatic rings. The van der Waals surface area contributed by atoms with Crippen LogP contribution < -0.4 is 9.21 Å². The van der Waals surface area contributed by atoms with Gasteiger partial charge in [-0.3, -0.25) is 14.0 Å². The molecule has 5 rings (SSSR count). The third kappa shape index (κ3) is 3.03. The van der Waals surface area contributed by atoms with Crippen molar-refractivity contribution in [3.63, 3.8) is 0 Å². The van der Waals surface area contributed by atoms with Gasteiger partial charge in [-0.2, -0.15) is 0 Å². The summed E-state index contributed by atoms with van der Waals surface area (Å²) < 4.78 is 29.2. The fourth-order valence-corrected chi connectivity index (χ4v) is 6.90. The number of carbonyl (C=O) groups is 1. The van der Waals surface area contributed by atoms with Gasteiger partial charge < -0.3 is 4.90 Å². The summed E-state index contributed by atoms with van der Waals surface area (Å²) in [5.74, 6) is -0.0142. The number of carbonyl (C=O) groups excluding carboxylic acids is 1. The Hall–Kier alpha value is -2.38. The normalized spacial score (nSPS) is 23.7. The number of fused-ring (bicyclic) bond motifs is 3. The van der Waals surface area contributed by atoms with Crippen molar-refractivity contribution in [2.45, 2.75) is 56.6 Å². The largest absolute Gasteiger partial charge is 0.309 e. The van der Waals surface area contributed by atoms with Crippen LogP contribution in [-0.4, -0.2) is 44.4 Å². The molecule has 3 aliphatic heterocycles. The lowest BCUT2D eigenvalue weighted by Gasteiger charge is -2.28. The number of para-hydroxylation sites is 1. The molecule has 0 unspecified atom stereocenters. The van der Waals surface area contributed by atoms with Crippen LogP contribution in [0.5, 0.6) is 0 Å². The lowest BCUT2D eigenvalue weighted by Crippen LogP contribution is -2.40. The predicted octanol–water partition coefficient (Wildman–Crippen LogP) is 3.16. The zero-order valence-electron chi connectivity index (χ0n) is 17.4. The minimum Gasteiger partial charge on any atom is -0.309 e. The van der Waals surface area contributed by atoms with Gasteiger partial charge in [-0.15, -0.1) is 0 Å². The van der Waals surface area contributed by atoms with Crippen molar-refractivity contribution in [2.75, 3.05) is 22.3 Å². The molecular weight excluding hydrogens is 398 g/mol. The van der Waals surface area contributed by atoms with Crippen LogP contribution in [0.4, 0.5) is 11.4 Å². The van der Waals surface area contributed by atoms with Gasteiger partial charge in [0.1, 0.15) is 0 Å². The highest BCUT2D eigenvalue weighted by molar-refractivity contribution is 7.92. The molecule has 0 aliphatic carbocycles. The van der Waals surface area contributed by atoms with Gasteiger partial charge in [0.15, 0.2) is 0 Å². The van der Waals surface area contributed by atoms with E-state index in [1.54, 1.807) is 34.3 Å². The van der Waals surface area contributed by atoms with E-state index in [0.717, 1.165) is 48.4 Å². The van der Waals surface area contributed by atoms with Crippen LogP contribution in [-0.2, 0) is 27.8 Å². The highest BCUT2D eigenvalue weighted by Crippen LogP contribution is 2.38. The Bertz CT molecular complexity index is 1110. The minimum atomic E-state index is -3.71. The highest BCUT2D eigenvalue weighted by Gasteiger charge is 2.37. The first-order valence-corrected chi connectivity index (χ1v) is 12.1. The Morgan fingerprint density at radius 1 is 1.07 bits per heavy atom. The van der Waals surface area contributed by atoms with E-state index < -0.39 is 10.0 Å². The number of sulfonamides is 1. The molecular formula is C23H27N3O3S. The molecule has 158 valence electrons. The molecule has 1 amide bonds. The second-order valence-electron chi connectivity index (χ2n) is 8.66. The fourth-order valence-electron chi connectivity index (χ4n) is 5.31. The van der Waals surface area contributed by atoms with Crippen LogP contribution in [0.15, 0.2) is 47.4 Å². The lowest BCUT2D eigenvalue weighted by molar-refractivity contribution is -0.116. The summed E-state index contributed by atoms with van der Waals surface area (Å²) in [6.07, 6.45) is 2.80. The van der Waals surface area contributed by atoms with E-state index in [0.29, 0.717) is 17.9 Å². The number of hydrogen-bond donors (Lipinski definition) is 0. The third-order valence-corrected chi connectivity index (χ3v) is 8.48. The second kappa shape index (κ2) is 7.10. The fraction of sp³-hybridized carbons (Fsp3) is 0.435. The van der Waals surface area contributed by atoms with Gasteiger partial charge in [0.05, 0.1) is 10.6 Å². The van der Waals surface area contributed by atoms with Crippen molar-refractivity contribution in [3.8, 4) is 0 Å². The molecule has 3 heterocycles. The van der Waals surface area contributed by atoms with Crippen molar-refractivity contribution in [2.24, 2.45) is 0 Å². The van der Waals surface area contributed by atoms with E-state index in [9.17, 15) is 13.2 Å². The smallest absolute Gasteiger partial charge is 0.264 e. The molecule has 7 heteroatoms. The first-order valence-electron chi connectivity index (χ1n) is 10.6. The van der Waals surface area contributed by atoms with Crippen LogP contribution in [0.1, 0.15) is 37.8 Å². The van der Waals surface area contributed by atoms with Crippen LogP contribution in [0.25, 0.3) is 0 Å². The number of nitrogens with zero attached hydrogens (tertiary/aromatic N) is 3. The Labute approximate surface area is 178 Å². The Balaban J connectivity index is 1.57. The average Bonchev–Trinajstić information content (AvgIpc) is 3.24. The van der Waals surface area contributed by atoms with Gasteiger partial charge in [-0.1, -0.05) is 18.2 Å². The zero-order valence-corrected chi connectivity index (χ0v) is 18.2. The molecule has 2 aromatic carbocycles. The molecule has 0 radical (unpaired) electrons. The number of benzene rings is 2. The lowest BCUT2D eigenvalue weighted by atomic mass is 10.1. The molecule has 1 saturated heterocycles. The zero-order chi connectivity index (χ0) is 21.0. The van der Waals surface area contributed by atoms with Crippen molar-refractivity contribution >= 4 is 27.3 Å². The topological polar surface area (TPSA) is 60.9 Å². The maximum absolute atomic E-state index is 13.8. The molecule has 0 bridgehead atoms. The maximum Gasteiger partial charge on any atom is 0.264 e. The van der Waals surface area contributed by atoms with Crippen molar-refractivity contribution in [3.05, 3.63) is 53.6 Å². The molecule has 2 atom stereocenters. The Kier molecular flexibility index (Phi) is 4.63. The van der Waals surface area contributed by atoms with Gasteiger partial charge >= 0.3 is 0 Å². The molecule has 30 heavy (non-hydrogen) atoms. The molecule has 1 fully saturated rings. The number of amides is 1. The summed E-state index contributed by atoms with van der Waals surface area (Å²) in [7, 11) is -3.71. The van der Waals surface area contributed by atoms with Crippen molar-refractivity contribution in [1.82, 2.24) is 4.90 Å². The summed E-state index contributed by atoms with van der Waals surface area (Å²) in [6.45, 7) is 5.84. The monoisotopic (exact) mass is 425 g/mol. The van der Waals surface area contributed by atoms with Crippen LogP contribution >= 0.6 is 0 Å². The van der Waals surface area contributed by atoms with Crippen LogP contribution in [0.2, 0.25) is 0 Å².